The van der Waals surface area contributed by atoms with Gasteiger partial charge in [-0.2, -0.15) is 0 Å². The second kappa shape index (κ2) is 21.1. The lowest BCUT2D eigenvalue weighted by atomic mass is 9.84. The van der Waals surface area contributed by atoms with Crippen molar-refractivity contribution in [1.82, 2.24) is 45.0 Å². The van der Waals surface area contributed by atoms with Gasteiger partial charge in [0.1, 0.15) is 30.2 Å². The summed E-state index contributed by atoms with van der Waals surface area (Å²) in [5.41, 5.74) is 8.61. The van der Waals surface area contributed by atoms with Crippen molar-refractivity contribution in [2.45, 2.75) is 91.4 Å². The fraction of sp³-hybridized carbons (Fsp3) is 0.519. The van der Waals surface area contributed by atoms with Crippen LogP contribution < -0.4 is 10.7 Å². The third-order valence-electron chi connectivity index (χ3n) is 13.8. The number of carbonyl (C=O) groups excluding carboxylic acids is 5. The van der Waals surface area contributed by atoms with Gasteiger partial charge in [0.25, 0.3) is 11.8 Å². The number of rotatable bonds is 8. The molecule has 366 valence electrons. The van der Waals surface area contributed by atoms with E-state index in [4.69, 9.17) is 9.47 Å². The molecule has 6 bridgehead atoms. The Morgan fingerprint density at radius 1 is 1.00 bits per heavy atom. The van der Waals surface area contributed by atoms with E-state index < -0.39 is 47.2 Å². The number of morpholine rings is 1. The number of amides is 4. The fourth-order valence-electron chi connectivity index (χ4n) is 10.3. The molecule has 4 aliphatic rings. The molecule has 4 aliphatic heterocycles. The number of phenols is 1. The quantitative estimate of drug-likeness (QED) is 0.171. The summed E-state index contributed by atoms with van der Waals surface area (Å²) in [4.78, 5) is 84.3. The number of esters is 1. The molecule has 0 radical (unpaired) electrons. The van der Waals surface area contributed by atoms with E-state index in [0.29, 0.717) is 69.7 Å². The zero-order valence-electron chi connectivity index (χ0n) is 40.6. The Bertz CT molecular complexity index is 2630. The molecule has 2 aromatic heterocycles. The Balaban J connectivity index is 1.09. The number of phenolic OH excluding ortho intramolecular Hbond substituents is 1. The lowest BCUT2D eigenvalue weighted by molar-refractivity contribution is -0.155. The lowest BCUT2D eigenvalue weighted by Gasteiger charge is -2.37. The summed E-state index contributed by atoms with van der Waals surface area (Å²) in [6.45, 7) is 14.8. The Morgan fingerprint density at radius 3 is 2.51 bits per heavy atom. The first-order valence-electron chi connectivity index (χ1n) is 24.2. The number of carbonyl (C=O) groups is 5. The maximum Gasteiger partial charge on any atom is 0.324 e. The topological polar surface area (TPSA) is 192 Å². The van der Waals surface area contributed by atoms with Crippen molar-refractivity contribution < 1.29 is 38.6 Å². The van der Waals surface area contributed by atoms with Crippen LogP contribution >= 0.6 is 0 Å². The number of aromatic nitrogens is 3. The number of cyclic esters (lactones) is 1. The van der Waals surface area contributed by atoms with Gasteiger partial charge in [0, 0.05) is 87.0 Å². The fourth-order valence-corrected chi connectivity index (χ4v) is 10.3. The average Bonchev–Trinajstić information content (AvgIpc) is 3.96. The van der Waals surface area contributed by atoms with Gasteiger partial charge in [-0.3, -0.25) is 33.9 Å². The van der Waals surface area contributed by atoms with Gasteiger partial charge in [-0.15, -0.1) is 0 Å². The van der Waals surface area contributed by atoms with E-state index in [1.54, 1.807) is 36.5 Å². The van der Waals surface area contributed by atoms with E-state index in [1.807, 2.05) is 26.0 Å². The van der Waals surface area contributed by atoms with Gasteiger partial charge in [-0.1, -0.05) is 45.7 Å². The van der Waals surface area contributed by atoms with E-state index in [9.17, 15) is 29.1 Å². The first kappa shape index (κ1) is 49.1. The number of likely N-dealkylation sites (tertiary alicyclic amines) is 1. The van der Waals surface area contributed by atoms with Gasteiger partial charge in [-0.25, -0.2) is 15.4 Å². The van der Waals surface area contributed by atoms with Gasteiger partial charge in [0.05, 0.1) is 38.0 Å². The molecule has 69 heavy (non-hydrogen) atoms. The van der Waals surface area contributed by atoms with E-state index in [1.165, 1.54) is 16.2 Å². The number of fused-ring (bicyclic) bond motifs is 6. The summed E-state index contributed by atoms with van der Waals surface area (Å²) in [6, 6.07) is 8.42. The molecule has 3 N–H and O–H groups in total. The molecule has 0 spiro atoms. The zero-order chi connectivity index (χ0) is 49.0. The third-order valence-corrected chi connectivity index (χ3v) is 13.8. The molecule has 4 amide bonds. The molecule has 6 heterocycles. The minimum absolute atomic E-state index is 0.0133. The first-order chi connectivity index (χ1) is 33.1. The van der Waals surface area contributed by atoms with Gasteiger partial charge in [0.2, 0.25) is 11.8 Å². The SMILES string of the molecule is CCn1c(-c2cncnc2)c2c3cc(ccc31)-c1cc(O)cc(c1)C[C@H](NC(=O)C(C(C)C)N(C)C(=O)[C@H]1CCN(C(=O)C#CCN3CCOCC3)C1)C(=O)N1CCC[C@H](N1)C(=O)OCC(C)(C)C2. The van der Waals surface area contributed by atoms with Crippen LogP contribution in [-0.4, -0.2) is 153 Å². The van der Waals surface area contributed by atoms with Crippen molar-refractivity contribution in [1.29, 1.82) is 0 Å². The van der Waals surface area contributed by atoms with Crippen LogP contribution in [0.3, 0.4) is 0 Å². The van der Waals surface area contributed by atoms with Crippen LogP contribution in [0.4, 0.5) is 0 Å². The Hall–Kier alpha value is -6.35. The van der Waals surface area contributed by atoms with Crippen LogP contribution in [0.5, 0.6) is 5.75 Å². The normalized spacial score (nSPS) is 21.5. The molecular weight excluding hydrogens is 879 g/mol. The second-order valence-corrected chi connectivity index (χ2v) is 19.9. The highest BCUT2D eigenvalue weighted by Gasteiger charge is 2.40. The number of nitrogens with zero attached hydrogens (tertiary/aromatic N) is 7. The summed E-state index contributed by atoms with van der Waals surface area (Å²) in [5.74, 6) is 2.68. The lowest BCUT2D eigenvalue weighted by Crippen LogP contribution is -2.62. The summed E-state index contributed by atoms with van der Waals surface area (Å²) < 4.78 is 13.7. The molecule has 2 aromatic carbocycles. The second-order valence-electron chi connectivity index (χ2n) is 19.9. The van der Waals surface area contributed by atoms with Crippen molar-refractivity contribution in [2.24, 2.45) is 17.3 Å². The Labute approximate surface area is 403 Å². The molecule has 4 atom stereocenters. The van der Waals surface area contributed by atoms with Gasteiger partial charge in [0.15, 0.2) is 0 Å². The monoisotopic (exact) mass is 943 g/mol. The van der Waals surface area contributed by atoms with E-state index in [-0.39, 0.29) is 49.6 Å². The zero-order valence-corrected chi connectivity index (χ0v) is 40.6. The molecule has 0 saturated carbocycles. The predicted octanol–water partition coefficient (Wildman–Crippen LogP) is 3.81. The van der Waals surface area contributed by atoms with Gasteiger partial charge >= 0.3 is 5.97 Å². The van der Waals surface area contributed by atoms with Crippen LogP contribution in [0.25, 0.3) is 33.3 Å². The molecule has 3 fully saturated rings. The smallest absolute Gasteiger partial charge is 0.324 e. The summed E-state index contributed by atoms with van der Waals surface area (Å²) in [5, 5.41) is 16.7. The predicted molar refractivity (Wildman–Crippen MR) is 259 cm³/mol. The first-order valence-corrected chi connectivity index (χ1v) is 24.2. The number of benzene rings is 2. The van der Waals surface area contributed by atoms with Crippen LogP contribution in [0.15, 0.2) is 55.1 Å². The highest BCUT2D eigenvalue weighted by molar-refractivity contribution is 5.97. The number of ether oxygens (including phenoxy) is 2. The maximum absolute atomic E-state index is 14.8. The standard InChI is InChI=1S/C52H65N9O8/c1-7-60-44-13-12-35-26-40(44)41(47(60)38-28-53-32-54-29-38)27-52(4,5)31-69-51(67)42-10-8-16-61(56-42)50(66)43(24-34-22-37(35)25-39(62)23-34)55-48(64)46(33(2)3)57(6)49(65)36-14-17-59(30-36)45(63)11-9-15-58-18-20-68-21-19-58/h12-13,22-23,25-26,28-29,32-33,36,42-43,46,56,62H,7-8,10,14-21,24,27,30-31H2,1-6H3,(H,55,64)/t36-,42-,43-,46?/m0/s1. The van der Waals surface area contributed by atoms with Crippen molar-refractivity contribution in [3.63, 3.8) is 0 Å². The number of hydrogen-bond donors (Lipinski definition) is 3. The minimum atomic E-state index is -1.17. The number of aryl methyl sites for hydroxylation is 1. The van der Waals surface area contributed by atoms with Gasteiger partial charge in [-0.05, 0) is 91.0 Å². The van der Waals surface area contributed by atoms with Crippen LogP contribution in [0.2, 0.25) is 0 Å². The third kappa shape index (κ3) is 11.1. The Kier molecular flexibility index (Phi) is 15.0. The molecule has 8 rings (SSSR count). The van der Waals surface area contributed by atoms with E-state index in [0.717, 1.165) is 46.4 Å². The molecule has 17 nitrogen and oxygen atoms in total. The number of aromatic hydroxyl groups is 1. The molecule has 1 unspecified atom stereocenters. The van der Waals surface area contributed by atoms with Crippen molar-refractivity contribution in [3.8, 4) is 40.0 Å². The number of hydrogen-bond acceptors (Lipinski definition) is 12. The molecule has 3 saturated heterocycles. The average molecular weight is 944 g/mol. The Morgan fingerprint density at radius 2 is 1.77 bits per heavy atom. The van der Waals surface area contributed by atoms with Crippen molar-refractivity contribution in [2.75, 3.05) is 66.1 Å². The summed E-state index contributed by atoms with van der Waals surface area (Å²) in [7, 11) is 1.59. The molecule has 17 heteroatoms. The maximum atomic E-state index is 14.8. The summed E-state index contributed by atoms with van der Waals surface area (Å²) in [6.07, 6.45) is 7.02. The van der Waals surface area contributed by atoms with Crippen LogP contribution in [0.1, 0.15) is 65.0 Å². The number of hydrazine groups is 1. The minimum Gasteiger partial charge on any atom is -0.508 e. The molecule has 4 aromatic rings. The van der Waals surface area contributed by atoms with E-state index in [2.05, 4.69) is 74.9 Å². The largest absolute Gasteiger partial charge is 0.508 e. The highest BCUT2D eigenvalue weighted by atomic mass is 16.5. The molecule has 0 aliphatic carbocycles. The van der Waals surface area contributed by atoms with Crippen molar-refractivity contribution in [3.05, 3.63) is 66.2 Å². The van der Waals surface area contributed by atoms with Crippen LogP contribution in [-0.2, 0) is 52.8 Å². The number of likely N-dealkylation sites (N-methyl/N-ethyl adjacent to an activating group) is 1. The summed E-state index contributed by atoms with van der Waals surface area (Å²) >= 11 is 0. The highest BCUT2D eigenvalue weighted by Crippen LogP contribution is 2.40. The van der Waals surface area contributed by atoms with E-state index >= 15 is 0 Å². The van der Waals surface area contributed by atoms with Crippen LogP contribution in [0, 0.1) is 29.1 Å². The number of nitrogens with one attached hydrogen (secondary N) is 2. The van der Waals surface area contributed by atoms with Crippen molar-refractivity contribution >= 4 is 40.5 Å². The van der Waals surface area contributed by atoms with Gasteiger partial charge < -0.3 is 34.3 Å². The molecular formula is C52H65N9O8.